The fourth-order valence-corrected chi connectivity index (χ4v) is 6.03. The van der Waals surface area contributed by atoms with Crippen molar-refractivity contribution in [1.82, 2.24) is 9.55 Å². The molecule has 5 rings (SSSR count). The SMILES string of the molecule is N#C/C=C/c1ccc(/C(=C(\c2ccc(F)cc2Cl)C2CCC2)c2ccc(-c3cnn(PI)c3)cc2)cc1. The summed E-state index contributed by atoms with van der Waals surface area (Å²) in [7, 11) is 0. The molecule has 1 fully saturated rings. The highest BCUT2D eigenvalue weighted by Crippen LogP contribution is 2.47. The summed E-state index contributed by atoms with van der Waals surface area (Å²) < 4.78 is 15.9. The minimum Gasteiger partial charge on any atom is -0.245 e. The summed E-state index contributed by atoms with van der Waals surface area (Å²) in [5.41, 5.74) is 8.41. The maximum absolute atomic E-state index is 14.0. The van der Waals surface area contributed by atoms with Gasteiger partial charge in [0.05, 0.1) is 23.7 Å². The summed E-state index contributed by atoms with van der Waals surface area (Å²) >= 11 is 8.97. The third kappa shape index (κ3) is 5.72. The van der Waals surface area contributed by atoms with E-state index in [1.54, 1.807) is 6.08 Å². The summed E-state index contributed by atoms with van der Waals surface area (Å²) in [6.45, 7) is 0. The Kier molecular flexibility index (Phi) is 8.20. The molecule has 0 radical (unpaired) electrons. The van der Waals surface area contributed by atoms with E-state index in [9.17, 15) is 4.39 Å². The van der Waals surface area contributed by atoms with E-state index >= 15 is 0 Å². The monoisotopic (exact) mass is 637 g/mol. The van der Waals surface area contributed by atoms with Crippen LogP contribution in [0.15, 0.2) is 85.2 Å². The Bertz CT molecular complexity index is 1510. The van der Waals surface area contributed by atoms with E-state index in [-0.39, 0.29) is 5.82 Å². The molecule has 0 saturated heterocycles. The van der Waals surface area contributed by atoms with Crippen LogP contribution in [0.4, 0.5) is 4.39 Å². The topological polar surface area (TPSA) is 41.6 Å². The van der Waals surface area contributed by atoms with Gasteiger partial charge in [-0.2, -0.15) is 10.4 Å². The summed E-state index contributed by atoms with van der Waals surface area (Å²) in [6.07, 6.45) is 11.1. The maximum atomic E-state index is 14.0. The molecule has 1 saturated carbocycles. The molecule has 4 aromatic rings. The molecule has 0 amide bonds. The van der Waals surface area contributed by atoms with Gasteiger partial charge in [0.25, 0.3) is 0 Å². The Morgan fingerprint density at radius 1 is 1.05 bits per heavy atom. The van der Waals surface area contributed by atoms with E-state index < -0.39 is 0 Å². The van der Waals surface area contributed by atoms with E-state index in [0.29, 0.717) is 17.3 Å². The van der Waals surface area contributed by atoms with Crippen LogP contribution in [0.3, 0.4) is 0 Å². The van der Waals surface area contributed by atoms with Crippen molar-refractivity contribution in [3.8, 4) is 17.2 Å². The molecule has 1 aliphatic carbocycles. The number of aromatic nitrogens is 2. The molecule has 7 heteroatoms. The smallest absolute Gasteiger partial charge is 0.124 e. The van der Waals surface area contributed by atoms with Gasteiger partial charge in [-0.15, -0.1) is 0 Å². The van der Waals surface area contributed by atoms with Crippen molar-refractivity contribution < 1.29 is 4.39 Å². The molecule has 1 unspecified atom stereocenters. The molecular weight excluding hydrogens is 615 g/mol. The Balaban J connectivity index is 1.68. The molecule has 184 valence electrons. The normalized spacial score (nSPS) is 14.6. The van der Waals surface area contributed by atoms with Gasteiger partial charge in [-0.3, -0.25) is 0 Å². The Morgan fingerprint density at radius 2 is 1.76 bits per heavy atom. The lowest BCUT2D eigenvalue weighted by Gasteiger charge is -2.32. The van der Waals surface area contributed by atoms with Crippen molar-refractivity contribution >= 4 is 57.2 Å². The lowest BCUT2D eigenvalue weighted by atomic mass is 9.73. The van der Waals surface area contributed by atoms with E-state index in [1.165, 1.54) is 24.6 Å². The van der Waals surface area contributed by atoms with E-state index in [4.69, 9.17) is 16.9 Å². The second-order valence-corrected chi connectivity index (χ2v) is 11.4. The molecule has 0 aliphatic heterocycles. The van der Waals surface area contributed by atoms with Gasteiger partial charge in [-0.05, 0) is 98.0 Å². The number of nitrogens with zero attached hydrogens (tertiary/aromatic N) is 3. The second-order valence-electron chi connectivity index (χ2n) is 8.96. The van der Waals surface area contributed by atoms with Crippen LogP contribution in [0.1, 0.15) is 41.5 Å². The van der Waals surface area contributed by atoms with Crippen LogP contribution in [0.25, 0.3) is 28.3 Å². The summed E-state index contributed by atoms with van der Waals surface area (Å²) in [6, 6.07) is 23.5. The van der Waals surface area contributed by atoms with E-state index in [0.717, 1.165) is 57.4 Å². The number of hydrogen-bond acceptors (Lipinski definition) is 2. The van der Waals surface area contributed by atoms with Crippen molar-refractivity contribution in [2.75, 3.05) is 0 Å². The third-order valence-corrected chi connectivity index (χ3v) is 8.94. The average Bonchev–Trinajstić information content (AvgIpc) is 3.37. The molecule has 1 aromatic heterocycles. The van der Waals surface area contributed by atoms with Crippen LogP contribution in [0, 0.1) is 23.1 Å². The van der Waals surface area contributed by atoms with Crippen molar-refractivity contribution in [3.05, 3.63) is 118 Å². The maximum Gasteiger partial charge on any atom is 0.124 e. The third-order valence-electron chi connectivity index (χ3n) is 6.73. The van der Waals surface area contributed by atoms with Gasteiger partial charge in [0.15, 0.2) is 0 Å². The number of benzene rings is 3. The molecule has 1 atom stereocenters. The highest BCUT2D eigenvalue weighted by atomic mass is 127. The molecule has 0 N–H and O–H groups in total. The zero-order valence-corrected chi connectivity index (χ0v) is 23.7. The van der Waals surface area contributed by atoms with Gasteiger partial charge >= 0.3 is 0 Å². The first-order valence-electron chi connectivity index (χ1n) is 12.0. The van der Waals surface area contributed by atoms with Crippen LogP contribution >= 0.6 is 40.0 Å². The predicted octanol–water partition coefficient (Wildman–Crippen LogP) is 9.43. The minimum absolute atomic E-state index is 0.339. The summed E-state index contributed by atoms with van der Waals surface area (Å²) in [5, 5.41) is 13.7. The molecule has 37 heavy (non-hydrogen) atoms. The van der Waals surface area contributed by atoms with Gasteiger partial charge in [0.2, 0.25) is 0 Å². The largest absolute Gasteiger partial charge is 0.245 e. The number of nitriles is 1. The van der Waals surface area contributed by atoms with Crippen LogP contribution in [-0.4, -0.2) is 9.55 Å². The van der Waals surface area contributed by atoms with Crippen LogP contribution in [-0.2, 0) is 0 Å². The van der Waals surface area contributed by atoms with Crippen molar-refractivity contribution in [1.29, 1.82) is 5.26 Å². The first kappa shape index (κ1) is 25.9. The highest BCUT2D eigenvalue weighted by Gasteiger charge is 2.28. The lowest BCUT2D eigenvalue weighted by Crippen LogP contribution is -2.15. The van der Waals surface area contributed by atoms with Gasteiger partial charge in [-0.1, -0.05) is 72.6 Å². The Hall–Kier alpha value is -2.78. The van der Waals surface area contributed by atoms with Crippen molar-refractivity contribution in [2.45, 2.75) is 19.3 Å². The number of hydrogen-bond donors (Lipinski definition) is 0. The van der Waals surface area contributed by atoms with Crippen LogP contribution in [0.5, 0.6) is 0 Å². The van der Waals surface area contributed by atoms with Crippen LogP contribution < -0.4 is 0 Å². The zero-order chi connectivity index (χ0) is 25.8. The number of halogens is 3. The first-order chi connectivity index (χ1) is 18.1. The molecule has 3 nitrogen and oxygen atoms in total. The van der Waals surface area contributed by atoms with Crippen LogP contribution in [0.2, 0.25) is 5.02 Å². The quantitative estimate of drug-likeness (QED) is 0.0877. The highest BCUT2D eigenvalue weighted by molar-refractivity contribution is 14.2. The molecule has 1 heterocycles. The van der Waals surface area contributed by atoms with Crippen molar-refractivity contribution in [3.63, 3.8) is 0 Å². The second kappa shape index (κ2) is 11.7. The van der Waals surface area contributed by atoms with Gasteiger partial charge < -0.3 is 0 Å². The summed E-state index contributed by atoms with van der Waals surface area (Å²) in [4.78, 5) is 0. The lowest BCUT2D eigenvalue weighted by molar-refractivity contribution is 0.401. The molecule has 1 aliphatic rings. The Morgan fingerprint density at radius 3 is 2.32 bits per heavy atom. The standard InChI is InChI=1S/C30H23ClFIN3P/c31-28-17-26(32)14-15-27(28)30(22-4-1-5-22)29(23-8-6-20(7-9-23)3-2-16-34)24-12-10-21(11-13-24)25-18-35-36(19-25)37-33/h2-3,6-15,17-19,22,37H,1,4-5H2/b3-2+,30-29+. The minimum atomic E-state index is -0.339. The Labute approximate surface area is 236 Å². The van der Waals surface area contributed by atoms with E-state index in [2.05, 4.69) is 69.7 Å². The fourth-order valence-electron chi connectivity index (χ4n) is 4.68. The van der Waals surface area contributed by atoms with Gasteiger partial charge in [-0.25, -0.2) is 8.84 Å². The summed E-state index contributed by atoms with van der Waals surface area (Å²) in [5.74, 6) is 0.00702. The first-order valence-corrected chi connectivity index (χ1v) is 16.4. The molecule has 0 bridgehead atoms. The fraction of sp³-hybridized carbons (Fsp3) is 0.133. The zero-order valence-electron chi connectivity index (χ0n) is 19.8. The number of allylic oxidation sites excluding steroid dienone is 2. The molecular formula is C30H23ClFIN3P. The van der Waals surface area contributed by atoms with Crippen molar-refractivity contribution in [2.24, 2.45) is 5.92 Å². The van der Waals surface area contributed by atoms with Gasteiger partial charge in [0, 0.05) is 17.8 Å². The van der Waals surface area contributed by atoms with Gasteiger partial charge in [0.1, 0.15) is 5.82 Å². The van der Waals surface area contributed by atoms with E-state index in [1.807, 2.05) is 34.9 Å². The molecule has 3 aromatic carbocycles. The average molecular weight is 638 g/mol. The number of rotatable bonds is 7. The molecule has 0 spiro atoms. The predicted molar refractivity (Wildman–Crippen MR) is 161 cm³/mol.